The fourth-order valence-corrected chi connectivity index (χ4v) is 2.88. The van der Waals surface area contributed by atoms with Crippen LogP contribution in [0.25, 0.3) is 0 Å². The van der Waals surface area contributed by atoms with Crippen molar-refractivity contribution < 1.29 is 13.9 Å². The van der Waals surface area contributed by atoms with E-state index in [2.05, 4.69) is 42.0 Å². The van der Waals surface area contributed by atoms with Gasteiger partial charge in [-0.3, -0.25) is 9.69 Å². The second-order valence-corrected chi connectivity index (χ2v) is 7.61. The fourth-order valence-electron chi connectivity index (χ4n) is 2.88. The summed E-state index contributed by atoms with van der Waals surface area (Å²) in [6.07, 6.45) is 2.31. The van der Waals surface area contributed by atoms with Crippen molar-refractivity contribution in [3.8, 4) is 5.75 Å². The smallest absolute Gasteiger partial charge is 0.273 e. The second kappa shape index (κ2) is 10.3. The molecule has 0 aliphatic heterocycles. The van der Waals surface area contributed by atoms with Crippen LogP contribution < -0.4 is 10.1 Å². The maximum Gasteiger partial charge on any atom is 0.273 e. The van der Waals surface area contributed by atoms with Crippen LogP contribution in [0.15, 0.2) is 34.9 Å². The predicted octanol–water partition coefficient (Wildman–Crippen LogP) is 4.26. The minimum atomic E-state index is -0.197. The maximum absolute atomic E-state index is 12.3. The predicted molar refractivity (Wildman–Crippen MR) is 110 cm³/mol. The number of nitrogens with zero attached hydrogens (tertiary/aromatic N) is 2. The lowest BCUT2D eigenvalue weighted by Crippen LogP contribution is -2.36. The monoisotopic (exact) mass is 387 g/mol. The van der Waals surface area contributed by atoms with E-state index in [0.717, 1.165) is 17.7 Å². The van der Waals surface area contributed by atoms with Crippen molar-refractivity contribution in [1.29, 1.82) is 0 Å². The van der Waals surface area contributed by atoms with E-state index in [1.807, 2.05) is 32.0 Å². The van der Waals surface area contributed by atoms with E-state index in [9.17, 15) is 4.79 Å². The number of hydrogen-bond donors (Lipinski definition) is 1. The Labute approximate surface area is 168 Å². The van der Waals surface area contributed by atoms with Gasteiger partial charge in [0.25, 0.3) is 5.91 Å². The zero-order valence-corrected chi connectivity index (χ0v) is 17.9. The van der Waals surface area contributed by atoms with Crippen molar-refractivity contribution in [3.05, 3.63) is 47.7 Å². The molecule has 1 amide bonds. The van der Waals surface area contributed by atoms with Crippen LogP contribution in [-0.2, 0) is 13.1 Å². The number of hydrogen-bond acceptors (Lipinski definition) is 5. The van der Waals surface area contributed by atoms with Crippen LogP contribution in [0.5, 0.6) is 5.75 Å². The highest BCUT2D eigenvalue weighted by molar-refractivity contribution is 5.92. The summed E-state index contributed by atoms with van der Waals surface area (Å²) in [7, 11) is 1.69. The van der Waals surface area contributed by atoms with Crippen LogP contribution in [0, 0.1) is 5.92 Å². The molecule has 1 N–H and O–H groups in total. The van der Waals surface area contributed by atoms with Gasteiger partial charge in [0.2, 0.25) is 5.89 Å². The van der Waals surface area contributed by atoms with Gasteiger partial charge in [-0.1, -0.05) is 39.0 Å². The first-order chi connectivity index (χ1) is 13.3. The molecular formula is C22H33N3O3. The number of nitrogens with one attached hydrogen (secondary N) is 1. The number of rotatable bonds is 10. The van der Waals surface area contributed by atoms with Crippen molar-refractivity contribution in [2.45, 2.75) is 66.2 Å². The summed E-state index contributed by atoms with van der Waals surface area (Å²) in [6, 6.07) is 8.42. The molecule has 2 rings (SSSR count). The maximum atomic E-state index is 12.3. The second-order valence-electron chi connectivity index (χ2n) is 7.61. The van der Waals surface area contributed by atoms with E-state index >= 15 is 0 Å². The van der Waals surface area contributed by atoms with E-state index in [-0.39, 0.29) is 11.9 Å². The van der Waals surface area contributed by atoms with E-state index in [1.54, 1.807) is 7.11 Å². The number of amides is 1. The summed E-state index contributed by atoms with van der Waals surface area (Å²) in [4.78, 5) is 19.0. The lowest BCUT2D eigenvalue weighted by Gasteiger charge is -2.31. The van der Waals surface area contributed by atoms with Gasteiger partial charge in [-0.25, -0.2) is 4.98 Å². The molecule has 0 saturated carbocycles. The van der Waals surface area contributed by atoms with Crippen molar-refractivity contribution in [3.63, 3.8) is 0 Å². The standard InChI is InChI=1S/C22H33N3O3/c1-7-16(4)23-22(26)19-14-28-21(24-19)13-25(17(5)15(2)3)12-18-10-8-9-11-20(18)27-6/h8-11,14-17H,7,12-13H2,1-6H3,(H,23,26)/t16-,17+/m1/s1. The summed E-state index contributed by atoms with van der Waals surface area (Å²) >= 11 is 0. The van der Waals surface area contributed by atoms with Gasteiger partial charge < -0.3 is 14.5 Å². The lowest BCUT2D eigenvalue weighted by atomic mass is 10.0. The number of oxazole rings is 1. The van der Waals surface area contributed by atoms with Crippen LogP contribution >= 0.6 is 0 Å². The minimum Gasteiger partial charge on any atom is -0.496 e. The van der Waals surface area contributed by atoms with Gasteiger partial charge in [0.1, 0.15) is 12.0 Å². The number of aromatic nitrogens is 1. The molecule has 28 heavy (non-hydrogen) atoms. The molecule has 1 heterocycles. The number of carbonyl (C=O) groups is 1. The summed E-state index contributed by atoms with van der Waals surface area (Å²) < 4.78 is 11.1. The third kappa shape index (κ3) is 5.83. The van der Waals surface area contributed by atoms with Crippen molar-refractivity contribution in [2.75, 3.05) is 7.11 Å². The highest BCUT2D eigenvalue weighted by Crippen LogP contribution is 2.23. The van der Waals surface area contributed by atoms with Gasteiger partial charge in [0.15, 0.2) is 5.69 Å². The molecule has 0 aliphatic carbocycles. The van der Waals surface area contributed by atoms with E-state index < -0.39 is 0 Å². The van der Waals surface area contributed by atoms with Crippen molar-refractivity contribution >= 4 is 5.91 Å². The van der Waals surface area contributed by atoms with Gasteiger partial charge in [-0.15, -0.1) is 0 Å². The zero-order valence-electron chi connectivity index (χ0n) is 17.9. The molecule has 0 saturated heterocycles. The Hall–Kier alpha value is -2.34. The highest BCUT2D eigenvalue weighted by Gasteiger charge is 2.22. The van der Waals surface area contributed by atoms with Gasteiger partial charge in [0, 0.05) is 24.2 Å². The van der Waals surface area contributed by atoms with E-state index in [0.29, 0.717) is 36.6 Å². The average Bonchev–Trinajstić information content (AvgIpc) is 3.15. The fraction of sp³-hybridized carbons (Fsp3) is 0.545. The Morgan fingerprint density at radius 3 is 2.57 bits per heavy atom. The molecule has 0 bridgehead atoms. The number of carbonyl (C=O) groups excluding carboxylic acids is 1. The largest absolute Gasteiger partial charge is 0.496 e. The summed E-state index contributed by atoms with van der Waals surface area (Å²) in [6.45, 7) is 11.8. The number of benzene rings is 1. The number of methoxy groups -OCH3 is 1. The average molecular weight is 388 g/mol. The van der Waals surface area contributed by atoms with Crippen LogP contribution in [0.2, 0.25) is 0 Å². The molecular weight excluding hydrogens is 354 g/mol. The van der Waals surface area contributed by atoms with Crippen LogP contribution in [0.1, 0.15) is 63.0 Å². The summed E-state index contributed by atoms with van der Waals surface area (Å²) in [5.41, 5.74) is 1.43. The molecule has 0 unspecified atom stereocenters. The van der Waals surface area contributed by atoms with Gasteiger partial charge in [0.05, 0.1) is 13.7 Å². The Kier molecular flexibility index (Phi) is 8.05. The molecule has 154 valence electrons. The third-order valence-electron chi connectivity index (χ3n) is 5.22. The Morgan fingerprint density at radius 1 is 1.21 bits per heavy atom. The van der Waals surface area contributed by atoms with Gasteiger partial charge >= 0.3 is 0 Å². The van der Waals surface area contributed by atoms with Crippen LogP contribution in [0.3, 0.4) is 0 Å². The Morgan fingerprint density at radius 2 is 1.93 bits per heavy atom. The normalized spacial score (nSPS) is 13.6. The molecule has 1 aromatic heterocycles. The molecule has 1 aromatic carbocycles. The third-order valence-corrected chi connectivity index (χ3v) is 5.22. The zero-order chi connectivity index (χ0) is 20.7. The molecule has 6 nitrogen and oxygen atoms in total. The SMILES string of the molecule is CC[C@@H](C)NC(=O)c1coc(CN(Cc2ccccc2OC)[C@@H](C)C(C)C)n1. The number of para-hydroxylation sites is 1. The Balaban J connectivity index is 2.16. The van der Waals surface area contributed by atoms with E-state index in [4.69, 9.17) is 9.15 Å². The molecule has 0 aliphatic rings. The minimum absolute atomic E-state index is 0.107. The molecule has 2 aromatic rings. The van der Waals surface area contributed by atoms with Crippen molar-refractivity contribution in [2.24, 2.45) is 5.92 Å². The highest BCUT2D eigenvalue weighted by atomic mass is 16.5. The summed E-state index contributed by atoms with van der Waals surface area (Å²) in [5.74, 6) is 1.66. The summed E-state index contributed by atoms with van der Waals surface area (Å²) in [5, 5.41) is 2.92. The Bertz CT molecular complexity index is 757. The first kappa shape index (κ1) is 22.0. The molecule has 6 heteroatoms. The quantitative estimate of drug-likeness (QED) is 0.660. The van der Waals surface area contributed by atoms with Crippen LogP contribution in [0.4, 0.5) is 0 Å². The molecule has 0 radical (unpaired) electrons. The first-order valence-electron chi connectivity index (χ1n) is 9.96. The van der Waals surface area contributed by atoms with Crippen molar-refractivity contribution in [1.82, 2.24) is 15.2 Å². The van der Waals surface area contributed by atoms with Gasteiger partial charge in [-0.05, 0) is 32.3 Å². The molecule has 0 spiro atoms. The van der Waals surface area contributed by atoms with Gasteiger partial charge in [-0.2, -0.15) is 0 Å². The lowest BCUT2D eigenvalue weighted by molar-refractivity contribution is 0.0934. The van der Waals surface area contributed by atoms with Crippen LogP contribution in [-0.4, -0.2) is 35.0 Å². The molecule has 2 atom stereocenters. The first-order valence-corrected chi connectivity index (χ1v) is 9.96. The molecule has 0 fully saturated rings. The number of ether oxygens (including phenoxy) is 1. The van der Waals surface area contributed by atoms with E-state index in [1.165, 1.54) is 6.26 Å². The topological polar surface area (TPSA) is 67.6 Å².